The third-order valence-corrected chi connectivity index (χ3v) is 4.70. The van der Waals surface area contributed by atoms with Crippen LogP contribution in [0.3, 0.4) is 0 Å². The van der Waals surface area contributed by atoms with Gasteiger partial charge in [0.1, 0.15) is 0 Å². The van der Waals surface area contributed by atoms with Gasteiger partial charge in [-0.15, -0.1) is 0 Å². The van der Waals surface area contributed by atoms with Crippen LogP contribution in [0.5, 0.6) is 0 Å². The van der Waals surface area contributed by atoms with E-state index in [4.69, 9.17) is 19.9 Å². The lowest BCUT2D eigenvalue weighted by Crippen LogP contribution is -2.44. The molecule has 1 saturated heterocycles. The fourth-order valence-electron chi connectivity index (χ4n) is 2.92. The molecule has 1 rings (SSSR count). The van der Waals surface area contributed by atoms with E-state index < -0.39 is 0 Å². The van der Waals surface area contributed by atoms with Crippen molar-refractivity contribution in [3.05, 3.63) is 0 Å². The van der Waals surface area contributed by atoms with Crippen molar-refractivity contribution in [2.24, 2.45) is 11.7 Å². The lowest BCUT2D eigenvalue weighted by molar-refractivity contribution is -0.0979. The molecule has 0 spiro atoms. The minimum Gasteiger partial charge on any atom is -0.379 e. The van der Waals surface area contributed by atoms with E-state index in [9.17, 15) is 0 Å². The summed E-state index contributed by atoms with van der Waals surface area (Å²) >= 11 is 0. The Morgan fingerprint density at radius 3 is 2.43 bits per heavy atom. The average molecular weight is 301 g/mol. The summed E-state index contributed by atoms with van der Waals surface area (Å²) in [5, 5.41) is 0. The number of ether oxygens (including phenoxy) is 3. The Labute approximate surface area is 130 Å². The zero-order valence-electron chi connectivity index (χ0n) is 14.4. The molecule has 4 nitrogen and oxygen atoms in total. The minimum atomic E-state index is -0.243. The van der Waals surface area contributed by atoms with E-state index in [1.54, 1.807) is 0 Å². The summed E-state index contributed by atoms with van der Waals surface area (Å²) < 4.78 is 18.2. The van der Waals surface area contributed by atoms with Crippen LogP contribution < -0.4 is 5.73 Å². The number of hydrogen-bond donors (Lipinski definition) is 1. The van der Waals surface area contributed by atoms with Crippen LogP contribution in [0.15, 0.2) is 0 Å². The van der Waals surface area contributed by atoms with Gasteiger partial charge in [-0.1, -0.05) is 33.6 Å². The lowest BCUT2D eigenvalue weighted by Gasteiger charge is -2.34. The summed E-state index contributed by atoms with van der Waals surface area (Å²) in [6.07, 6.45) is 5.55. The quantitative estimate of drug-likeness (QED) is 0.596. The molecule has 0 radical (unpaired) electrons. The zero-order chi connectivity index (χ0) is 15.7. The number of unbranched alkanes of at least 4 members (excludes halogenated alkanes) is 2. The molecule has 4 atom stereocenters. The maximum atomic E-state index is 6.23. The molecule has 1 aliphatic rings. The molecule has 1 aliphatic heterocycles. The number of nitrogens with two attached hydrogens (primary N) is 1. The Kier molecular flexibility index (Phi) is 8.79. The van der Waals surface area contributed by atoms with Crippen molar-refractivity contribution in [2.45, 2.75) is 77.6 Å². The van der Waals surface area contributed by atoms with Crippen LogP contribution in [0.4, 0.5) is 0 Å². The van der Waals surface area contributed by atoms with Crippen molar-refractivity contribution >= 4 is 0 Å². The summed E-state index contributed by atoms with van der Waals surface area (Å²) in [5.41, 5.74) is 5.51. The molecule has 1 heterocycles. The van der Waals surface area contributed by atoms with Crippen molar-refractivity contribution in [3.8, 4) is 0 Å². The molecule has 21 heavy (non-hydrogen) atoms. The summed E-state index contributed by atoms with van der Waals surface area (Å²) in [4.78, 5) is 0. The normalized spacial score (nSPS) is 32.7. The van der Waals surface area contributed by atoms with Crippen molar-refractivity contribution in [1.29, 1.82) is 0 Å². The van der Waals surface area contributed by atoms with Gasteiger partial charge < -0.3 is 19.9 Å². The van der Waals surface area contributed by atoms with Gasteiger partial charge in [0.15, 0.2) is 0 Å². The molecular formula is C17H35NO3. The third-order valence-electron chi connectivity index (χ3n) is 4.70. The molecule has 1 unspecified atom stereocenters. The van der Waals surface area contributed by atoms with Gasteiger partial charge in [0.25, 0.3) is 0 Å². The second-order valence-corrected chi connectivity index (χ2v) is 6.34. The van der Waals surface area contributed by atoms with Crippen LogP contribution in [0, 0.1) is 5.92 Å². The first-order chi connectivity index (χ1) is 10.1. The first-order valence-corrected chi connectivity index (χ1v) is 8.67. The van der Waals surface area contributed by atoms with Gasteiger partial charge in [-0.05, 0) is 32.7 Å². The smallest absolute Gasteiger partial charge is 0.0966 e. The Balaban J connectivity index is 2.57. The first-order valence-electron chi connectivity index (χ1n) is 8.67. The topological polar surface area (TPSA) is 53.7 Å². The summed E-state index contributed by atoms with van der Waals surface area (Å²) in [5.74, 6) is 0.326. The fraction of sp³-hybridized carbons (Fsp3) is 1.00. The molecule has 1 fully saturated rings. The van der Waals surface area contributed by atoms with Crippen LogP contribution in [0.25, 0.3) is 0 Å². The van der Waals surface area contributed by atoms with Crippen molar-refractivity contribution in [1.82, 2.24) is 0 Å². The summed E-state index contributed by atoms with van der Waals surface area (Å²) in [7, 11) is 0. The fourth-order valence-corrected chi connectivity index (χ4v) is 2.92. The second kappa shape index (κ2) is 9.78. The van der Waals surface area contributed by atoms with Crippen LogP contribution in [0.2, 0.25) is 0 Å². The predicted molar refractivity (Wildman–Crippen MR) is 86.5 cm³/mol. The maximum absolute atomic E-state index is 6.23. The molecule has 0 bridgehead atoms. The molecule has 0 saturated carbocycles. The summed E-state index contributed by atoms with van der Waals surface area (Å²) in [6, 6.07) is 0. The highest BCUT2D eigenvalue weighted by atomic mass is 16.6. The van der Waals surface area contributed by atoms with Crippen LogP contribution in [-0.2, 0) is 14.2 Å². The Morgan fingerprint density at radius 2 is 1.81 bits per heavy atom. The monoisotopic (exact) mass is 301 g/mol. The lowest BCUT2D eigenvalue weighted by atomic mass is 9.84. The van der Waals surface area contributed by atoms with Gasteiger partial charge >= 0.3 is 0 Å². The molecule has 0 aliphatic carbocycles. The standard InChI is InChI=1S/C17H35NO3/c1-5-7-11-19-13-15-14(3)17(4,20-12-8-6-2)16(21-15)9-10-18/h14-16H,5-13,18H2,1-4H3/t14-,15-,16?,17-/m1/s1. The van der Waals surface area contributed by atoms with Gasteiger partial charge in [0.05, 0.1) is 24.4 Å². The Bertz CT molecular complexity index is 275. The maximum Gasteiger partial charge on any atom is 0.0966 e. The molecule has 0 aromatic carbocycles. The number of hydrogen-bond acceptors (Lipinski definition) is 4. The van der Waals surface area contributed by atoms with E-state index in [1.807, 2.05) is 0 Å². The van der Waals surface area contributed by atoms with E-state index in [1.165, 1.54) is 0 Å². The van der Waals surface area contributed by atoms with E-state index in [2.05, 4.69) is 27.7 Å². The highest BCUT2D eigenvalue weighted by Gasteiger charge is 2.51. The molecule has 4 heteroatoms. The Morgan fingerprint density at radius 1 is 1.14 bits per heavy atom. The molecular weight excluding hydrogens is 266 g/mol. The first kappa shape index (κ1) is 18.9. The second-order valence-electron chi connectivity index (χ2n) is 6.34. The molecule has 0 aromatic rings. The number of rotatable bonds is 11. The third kappa shape index (κ3) is 5.20. The van der Waals surface area contributed by atoms with Gasteiger partial charge in [-0.25, -0.2) is 0 Å². The predicted octanol–water partition coefficient (Wildman–Crippen LogP) is 3.13. The summed E-state index contributed by atoms with van der Waals surface area (Å²) in [6.45, 7) is 11.7. The van der Waals surface area contributed by atoms with Crippen molar-refractivity contribution in [2.75, 3.05) is 26.4 Å². The van der Waals surface area contributed by atoms with E-state index >= 15 is 0 Å². The van der Waals surface area contributed by atoms with Gasteiger partial charge in [-0.2, -0.15) is 0 Å². The minimum absolute atomic E-state index is 0.0779. The SMILES string of the molecule is CCCCOC[C@H]1OC(CCN)[C@](C)(OCCCC)[C@@H]1C. The van der Waals surface area contributed by atoms with Gasteiger partial charge in [0, 0.05) is 19.1 Å². The highest BCUT2D eigenvalue weighted by Crippen LogP contribution is 2.40. The molecule has 0 aromatic heterocycles. The van der Waals surface area contributed by atoms with Crippen molar-refractivity contribution < 1.29 is 14.2 Å². The molecule has 0 amide bonds. The largest absolute Gasteiger partial charge is 0.379 e. The van der Waals surface area contributed by atoms with Crippen LogP contribution >= 0.6 is 0 Å². The van der Waals surface area contributed by atoms with Crippen LogP contribution in [-0.4, -0.2) is 44.2 Å². The Hall–Kier alpha value is -0.160. The molecule has 2 N–H and O–H groups in total. The van der Waals surface area contributed by atoms with Crippen molar-refractivity contribution in [3.63, 3.8) is 0 Å². The van der Waals surface area contributed by atoms with Crippen LogP contribution in [0.1, 0.15) is 59.8 Å². The van der Waals surface area contributed by atoms with E-state index in [-0.39, 0.29) is 17.8 Å². The highest BCUT2D eigenvalue weighted by molar-refractivity contribution is 5.00. The van der Waals surface area contributed by atoms with Gasteiger partial charge in [0.2, 0.25) is 0 Å². The van der Waals surface area contributed by atoms with E-state index in [0.29, 0.717) is 19.1 Å². The molecule has 126 valence electrons. The zero-order valence-corrected chi connectivity index (χ0v) is 14.4. The van der Waals surface area contributed by atoms with Gasteiger partial charge in [-0.3, -0.25) is 0 Å². The van der Waals surface area contributed by atoms with E-state index in [0.717, 1.165) is 45.3 Å². The average Bonchev–Trinajstić information content (AvgIpc) is 2.70.